The molecule has 3 aromatic heterocycles. The Bertz CT molecular complexity index is 1300. The zero-order valence-electron chi connectivity index (χ0n) is 16.7. The van der Waals surface area contributed by atoms with Crippen molar-refractivity contribution in [2.45, 2.75) is 32.4 Å². The molecule has 10 nitrogen and oxygen atoms in total. The van der Waals surface area contributed by atoms with E-state index in [9.17, 15) is 9.59 Å². The molecule has 3 heterocycles. The van der Waals surface area contributed by atoms with Crippen molar-refractivity contribution in [1.82, 2.24) is 38.9 Å². The summed E-state index contributed by atoms with van der Waals surface area (Å²) >= 11 is 3.41. The number of aromatic nitrogens is 8. The van der Waals surface area contributed by atoms with Crippen molar-refractivity contribution in [3.63, 3.8) is 0 Å². The average molecular weight is 473 g/mol. The summed E-state index contributed by atoms with van der Waals surface area (Å²) in [6, 6.07) is 9.75. The number of benzene rings is 1. The lowest BCUT2D eigenvalue weighted by Gasteiger charge is -2.09. The van der Waals surface area contributed by atoms with Crippen LogP contribution in [-0.2, 0) is 27.2 Å². The maximum Gasteiger partial charge on any atom is 0.332 e. The normalized spacial score (nSPS) is 11.4. The zero-order chi connectivity index (χ0) is 21.3. The standard InChI is InChI=1S/C19H21BrN8O2/c1-25-16-14(17(29)26(2)19(25)30)21-18(20)27(16)11-7-4-8-12-28-23-15(22-24-28)13-9-5-3-6-10-13/h3,5-6,9-10H,4,7-8,11-12H2,1-2H3. The molecule has 156 valence electrons. The van der Waals surface area contributed by atoms with Crippen LogP contribution in [-0.4, -0.2) is 38.9 Å². The second-order valence-electron chi connectivity index (χ2n) is 7.05. The zero-order valence-corrected chi connectivity index (χ0v) is 18.3. The van der Waals surface area contributed by atoms with Gasteiger partial charge < -0.3 is 4.57 Å². The Hall–Kier alpha value is -3.08. The van der Waals surface area contributed by atoms with E-state index < -0.39 is 0 Å². The smallest absolute Gasteiger partial charge is 0.304 e. The number of unbranched alkanes of at least 4 members (excludes halogenated alkanes) is 2. The fraction of sp³-hybridized carbons (Fsp3) is 0.368. The lowest BCUT2D eigenvalue weighted by atomic mass is 10.2. The second-order valence-corrected chi connectivity index (χ2v) is 7.76. The van der Waals surface area contributed by atoms with Gasteiger partial charge in [-0.05, 0) is 40.4 Å². The molecule has 0 aliphatic carbocycles. The molecule has 0 fully saturated rings. The van der Waals surface area contributed by atoms with Gasteiger partial charge >= 0.3 is 5.69 Å². The molecule has 0 radical (unpaired) electrons. The molecule has 0 spiro atoms. The molecule has 30 heavy (non-hydrogen) atoms. The molecular formula is C19H21BrN8O2. The molecule has 0 aliphatic rings. The summed E-state index contributed by atoms with van der Waals surface area (Å²) in [5.74, 6) is 0.618. The van der Waals surface area contributed by atoms with Gasteiger partial charge in [0.2, 0.25) is 5.82 Å². The largest absolute Gasteiger partial charge is 0.332 e. The van der Waals surface area contributed by atoms with Gasteiger partial charge in [-0.2, -0.15) is 4.80 Å². The van der Waals surface area contributed by atoms with Gasteiger partial charge in [-0.25, -0.2) is 9.78 Å². The number of aryl methyl sites for hydroxylation is 3. The van der Waals surface area contributed by atoms with Crippen LogP contribution in [0.25, 0.3) is 22.6 Å². The molecule has 0 amide bonds. The number of hydrogen-bond acceptors (Lipinski definition) is 6. The number of fused-ring (bicyclic) bond motifs is 1. The minimum Gasteiger partial charge on any atom is -0.304 e. The first-order valence-corrected chi connectivity index (χ1v) is 10.4. The third kappa shape index (κ3) is 3.72. The lowest BCUT2D eigenvalue weighted by Crippen LogP contribution is -2.37. The minimum absolute atomic E-state index is 0.284. The number of imidazole rings is 1. The Kier molecular flexibility index (Phi) is 5.62. The number of halogens is 1. The Labute approximate surface area is 179 Å². The summed E-state index contributed by atoms with van der Waals surface area (Å²) in [4.78, 5) is 30.5. The van der Waals surface area contributed by atoms with Crippen molar-refractivity contribution in [1.29, 1.82) is 0 Å². The van der Waals surface area contributed by atoms with Gasteiger partial charge in [0.05, 0.1) is 6.54 Å². The SMILES string of the molecule is Cn1c(=O)c2nc(Br)n(CCCCCn3nnc(-c4ccccc4)n3)c2n(C)c1=O. The number of rotatable bonds is 7. The van der Waals surface area contributed by atoms with Crippen molar-refractivity contribution >= 4 is 27.1 Å². The van der Waals surface area contributed by atoms with Gasteiger partial charge in [-0.15, -0.1) is 10.2 Å². The summed E-state index contributed by atoms with van der Waals surface area (Å²) in [6.45, 7) is 1.31. The topological polar surface area (TPSA) is 105 Å². The highest BCUT2D eigenvalue weighted by Gasteiger charge is 2.17. The van der Waals surface area contributed by atoms with Crippen LogP contribution in [0.1, 0.15) is 19.3 Å². The van der Waals surface area contributed by atoms with Crippen molar-refractivity contribution in [2.75, 3.05) is 0 Å². The molecule has 0 N–H and O–H groups in total. The molecule has 0 aliphatic heterocycles. The van der Waals surface area contributed by atoms with Gasteiger partial charge in [-0.1, -0.05) is 30.3 Å². The summed E-state index contributed by atoms with van der Waals surface area (Å²) < 4.78 is 4.93. The van der Waals surface area contributed by atoms with Crippen molar-refractivity contribution in [2.24, 2.45) is 14.1 Å². The van der Waals surface area contributed by atoms with Crippen LogP contribution in [0.2, 0.25) is 0 Å². The molecule has 0 unspecified atom stereocenters. The Morgan fingerprint density at radius 1 is 0.967 bits per heavy atom. The molecule has 4 rings (SSSR count). The summed E-state index contributed by atoms with van der Waals surface area (Å²) in [5.41, 5.74) is 0.996. The van der Waals surface area contributed by atoms with Gasteiger partial charge in [0.1, 0.15) is 0 Å². The van der Waals surface area contributed by atoms with Crippen LogP contribution in [0.5, 0.6) is 0 Å². The van der Waals surface area contributed by atoms with E-state index in [0.29, 0.717) is 29.3 Å². The molecule has 4 aromatic rings. The van der Waals surface area contributed by atoms with E-state index in [1.807, 2.05) is 34.9 Å². The number of nitrogens with zero attached hydrogens (tertiary/aromatic N) is 8. The Balaban J connectivity index is 1.38. The number of hydrogen-bond donors (Lipinski definition) is 0. The third-order valence-corrected chi connectivity index (χ3v) is 5.62. The van der Waals surface area contributed by atoms with Gasteiger partial charge in [0.15, 0.2) is 15.9 Å². The van der Waals surface area contributed by atoms with E-state index in [1.165, 1.54) is 11.6 Å². The predicted octanol–water partition coefficient (Wildman–Crippen LogP) is 1.72. The quantitative estimate of drug-likeness (QED) is 0.299. The maximum absolute atomic E-state index is 12.3. The summed E-state index contributed by atoms with van der Waals surface area (Å²) in [6.07, 6.45) is 2.66. The highest BCUT2D eigenvalue weighted by Crippen LogP contribution is 2.18. The Morgan fingerprint density at radius 3 is 2.47 bits per heavy atom. The average Bonchev–Trinajstić information content (AvgIpc) is 3.36. The van der Waals surface area contributed by atoms with E-state index >= 15 is 0 Å². The molecule has 0 saturated heterocycles. The van der Waals surface area contributed by atoms with E-state index in [0.717, 1.165) is 29.4 Å². The van der Waals surface area contributed by atoms with Crippen LogP contribution in [0.15, 0.2) is 44.7 Å². The highest BCUT2D eigenvalue weighted by molar-refractivity contribution is 9.10. The predicted molar refractivity (Wildman–Crippen MR) is 115 cm³/mol. The molecule has 11 heteroatoms. The fourth-order valence-corrected chi connectivity index (χ4v) is 3.92. The summed E-state index contributed by atoms with van der Waals surface area (Å²) in [5, 5.41) is 12.6. The van der Waals surface area contributed by atoms with Crippen LogP contribution in [0.4, 0.5) is 0 Å². The van der Waals surface area contributed by atoms with Crippen molar-refractivity contribution < 1.29 is 0 Å². The first-order valence-electron chi connectivity index (χ1n) is 9.62. The van der Waals surface area contributed by atoms with Crippen LogP contribution in [0.3, 0.4) is 0 Å². The molecule has 1 aromatic carbocycles. The lowest BCUT2D eigenvalue weighted by molar-refractivity contribution is 0.470. The van der Waals surface area contributed by atoms with E-state index in [-0.39, 0.29) is 16.8 Å². The number of tetrazole rings is 1. The fourth-order valence-electron chi connectivity index (χ4n) is 3.40. The highest BCUT2D eigenvalue weighted by atomic mass is 79.9. The van der Waals surface area contributed by atoms with Crippen LogP contribution in [0, 0.1) is 0 Å². The van der Waals surface area contributed by atoms with Gasteiger partial charge in [-0.3, -0.25) is 13.9 Å². The molecule has 0 bridgehead atoms. The monoisotopic (exact) mass is 472 g/mol. The second kappa shape index (κ2) is 8.34. The molecule has 0 atom stereocenters. The Morgan fingerprint density at radius 2 is 1.70 bits per heavy atom. The van der Waals surface area contributed by atoms with Crippen molar-refractivity contribution in [3.8, 4) is 11.4 Å². The van der Waals surface area contributed by atoms with E-state index in [1.54, 1.807) is 11.8 Å². The van der Waals surface area contributed by atoms with Crippen molar-refractivity contribution in [3.05, 3.63) is 55.9 Å². The van der Waals surface area contributed by atoms with Crippen LogP contribution < -0.4 is 11.2 Å². The third-order valence-electron chi connectivity index (χ3n) is 5.02. The van der Waals surface area contributed by atoms with Gasteiger partial charge in [0.25, 0.3) is 5.56 Å². The minimum atomic E-state index is -0.390. The molecular weight excluding hydrogens is 452 g/mol. The maximum atomic E-state index is 12.3. The first kappa shape index (κ1) is 20.2. The first-order chi connectivity index (χ1) is 14.5. The summed E-state index contributed by atoms with van der Waals surface area (Å²) in [7, 11) is 3.11. The van der Waals surface area contributed by atoms with E-state index in [2.05, 4.69) is 36.3 Å². The van der Waals surface area contributed by atoms with Gasteiger partial charge in [0, 0.05) is 26.2 Å². The van der Waals surface area contributed by atoms with E-state index in [4.69, 9.17) is 0 Å². The van der Waals surface area contributed by atoms with Crippen LogP contribution >= 0.6 is 15.9 Å². The molecule has 0 saturated carbocycles.